The van der Waals surface area contributed by atoms with Gasteiger partial charge >= 0.3 is 5.97 Å². The number of carbonyl (C=O) groups excluding carboxylic acids is 1. The Morgan fingerprint density at radius 1 is 1.47 bits per heavy atom. The Bertz CT molecular complexity index is 361. The van der Waals surface area contributed by atoms with Gasteiger partial charge in [0.2, 0.25) is 0 Å². The summed E-state index contributed by atoms with van der Waals surface area (Å²) >= 11 is 3.34. The van der Waals surface area contributed by atoms with E-state index in [9.17, 15) is 4.79 Å². The lowest BCUT2D eigenvalue weighted by molar-refractivity contribution is -0.136. The van der Waals surface area contributed by atoms with Gasteiger partial charge in [0.25, 0.3) is 0 Å². The highest BCUT2D eigenvalue weighted by molar-refractivity contribution is 9.10. The lowest BCUT2D eigenvalue weighted by Gasteiger charge is -2.10. The third-order valence-corrected chi connectivity index (χ3v) is 3.05. The Balaban J connectivity index is 2.02. The maximum atomic E-state index is 11.7. The Labute approximate surface area is 96.9 Å². The largest absolute Gasteiger partial charge is 0.424 e. The summed E-state index contributed by atoms with van der Waals surface area (Å²) in [6.07, 6.45) is 1.90. The van der Waals surface area contributed by atoms with Gasteiger partial charge in [-0.05, 0) is 47.4 Å². The maximum Gasteiger partial charge on any atom is 0.328 e. The predicted octanol–water partition coefficient (Wildman–Crippen LogP) is 2.11. The fourth-order valence-corrected chi connectivity index (χ4v) is 1.96. The molecular weight excluding hydrogens is 258 g/mol. The lowest BCUT2D eigenvalue weighted by Crippen LogP contribution is -2.34. The van der Waals surface area contributed by atoms with Crippen molar-refractivity contribution in [1.29, 1.82) is 0 Å². The summed E-state index contributed by atoms with van der Waals surface area (Å²) in [6, 6.07) is 7.21. The molecule has 0 radical (unpaired) electrons. The lowest BCUT2D eigenvalue weighted by atomic mass is 10.2. The molecule has 1 aromatic rings. The minimum absolute atomic E-state index is 0.142. The Hall–Kier alpha value is -0.870. The molecule has 0 spiro atoms. The number of benzene rings is 1. The zero-order chi connectivity index (χ0) is 10.7. The second-order valence-electron chi connectivity index (χ2n) is 3.50. The van der Waals surface area contributed by atoms with Crippen molar-refractivity contribution in [2.45, 2.75) is 18.9 Å². The molecule has 1 fully saturated rings. The van der Waals surface area contributed by atoms with Crippen LogP contribution in [0.4, 0.5) is 0 Å². The molecule has 0 unspecified atom stereocenters. The summed E-state index contributed by atoms with van der Waals surface area (Å²) in [4.78, 5) is 11.7. The predicted molar refractivity (Wildman–Crippen MR) is 60.8 cm³/mol. The summed E-state index contributed by atoms with van der Waals surface area (Å²) in [7, 11) is 0. The summed E-state index contributed by atoms with van der Waals surface area (Å²) < 4.78 is 6.08. The zero-order valence-corrected chi connectivity index (χ0v) is 9.79. The first-order valence-electron chi connectivity index (χ1n) is 4.97. The van der Waals surface area contributed by atoms with Crippen LogP contribution in [0.15, 0.2) is 28.7 Å². The number of ether oxygens (including phenoxy) is 1. The van der Waals surface area contributed by atoms with Crippen molar-refractivity contribution in [2.75, 3.05) is 6.54 Å². The van der Waals surface area contributed by atoms with Gasteiger partial charge in [-0.3, -0.25) is 0 Å². The van der Waals surface area contributed by atoms with E-state index >= 15 is 0 Å². The summed E-state index contributed by atoms with van der Waals surface area (Å²) in [5.41, 5.74) is 0. The van der Waals surface area contributed by atoms with E-state index in [1.54, 1.807) is 6.07 Å². The van der Waals surface area contributed by atoms with E-state index < -0.39 is 0 Å². The van der Waals surface area contributed by atoms with Crippen LogP contribution in [0.3, 0.4) is 0 Å². The highest BCUT2D eigenvalue weighted by Gasteiger charge is 2.24. The smallest absolute Gasteiger partial charge is 0.328 e. The van der Waals surface area contributed by atoms with Crippen LogP contribution in [-0.4, -0.2) is 18.6 Å². The van der Waals surface area contributed by atoms with Gasteiger partial charge in [-0.15, -0.1) is 0 Å². The van der Waals surface area contributed by atoms with Gasteiger partial charge in [-0.25, -0.2) is 4.79 Å². The molecule has 0 amide bonds. The average molecular weight is 270 g/mol. The van der Waals surface area contributed by atoms with Crippen LogP contribution < -0.4 is 10.1 Å². The third kappa shape index (κ3) is 2.58. The second-order valence-corrected chi connectivity index (χ2v) is 4.35. The third-order valence-electron chi connectivity index (χ3n) is 2.39. The molecule has 1 N–H and O–H groups in total. The average Bonchev–Trinajstić information content (AvgIpc) is 2.74. The standard InChI is InChI=1S/C11H12BrNO2/c12-8-4-1-2-6-10(8)15-11(14)9-5-3-7-13-9/h1-2,4,6,9,13H,3,5,7H2/t9-/m0/s1. The summed E-state index contributed by atoms with van der Waals surface area (Å²) in [5, 5.41) is 3.11. The van der Waals surface area contributed by atoms with Gasteiger partial charge in [0.05, 0.1) is 4.47 Å². The van der Waals surface area contributed by atoms with Crippen molar-refractivity contribution in [1.82, 2.24) is 5.32 Å². The normalized spacial score (nSPS) is 20.2. The van der Waals surface area contributed by atoms with Gasteiger partial charge in [-0.2, -0.15) is 0 Å². The van der Waals surface area contributed by atoms with Crippen LogP contribution in [-0.2, 0) is 4.79 Å². The number of hydrogen-bond acceptors (Lipinski definition) is 3. The molecule has 1 aromatic carbocycles. The molecule has 4 heteroatoms. The summed E-state index contributed by atoms with van der Waals surface area (Å²) in [6.45, 7) is 0.899. The molecule has 1 aliphatic heterocycles. The minimum Gasteiger partial charge on any atom is -0.424 e. The van der Waals surface area contributed by atoms with E-state index in [2.05, 4.69) is 21.2 Å². The van der Waals surface area contributed by atoms with E-state index in [0.717, 1.165) is 23.9 Å². The number of esters is 1. The molecule has 2 rings (SSSR count). The van der Waals surface area contributed by atoms with Crippen molar-refractivity contribution in [2.24, 2.45) is 0 Å². The first-order chi connectivity index (χ1) is 7.27. The number of hydrogen-bond donors (Lipinski definition) is 1. The van der Waals surface area contributed by atoms with Crippen LogP contribution in [0.25, 0.3) is 0 Å². The molecule has 0 saturated carbocycles. The van der Waals surface area contributed by atoms with Crippen molar-refractivity contribution in [3.63, 3.8) is 0 Å². The van der Waals surface area contributed by atoms with Crippen molar-refractivity contribution in [3.05, 3.63) is 28.7 Å². The zero-order valence-electron chi connectivity index (χ0n) is 8.20. The molecule has 1 saturated heterocycles. The highest BCUT2D eigenvalue weighted by atomic mass is 79.9. The first-order valence-corrected chi connectivity index (χ1v) is 5.76. The van der Waals surface area contributed by atoms with E-state index in [0.29, 0.717) is 5.75 Å². The molecule has 0 aliphatic carbocycles. The first kappa shape index (κ1) is 10.6. The van der Waals surface area contributed by atoms with E-state index in [-0.39, 0.29) is 12.0 Å². The number of rotatable bonds is 2. The number of halogens is 1. The quantitative estimate of drug-likeness (QED) is 0.660. The Morgan fingerprint density at radius 3 is 2.93 bits per heavy atom. The molecule has 1 atom stereocenters. The van der Waals surface area contributed by atoms with E-state index in [1.165, 1.54) is 0 Å². The minimum atomic E-state index is -0.195. The molecule has 0 aromatic heterocycles. The SMILES string of the molecule is O=C(Oc1ccccc1Br)[C@@H]1CCCN1. The maximum absolute atomic E-state index is 11.7. The van der Waals surface area contributed by atoms with Gasteiger partial charge < -0.3 is 10.1 Å². The Kier molecular flexibility index (Phi) is 3.38. The number of nitrogens with one attached hydrogen (secondary N) is 1. The summed E-state index contributed by atoms with van der Waals surface area (Å²) in [5.74, 6) is 0.385. The molecule has 80 valence electrons. The molecule has 1 aliphatic rings. The Morgan fingerprint density at radius 2 is 2.27 bits per heavy atom. The second kappa shape index (κ2) is 4.77. The van der Waals surface area contributed by atoms with Crippen LogP contribution >= 0.6 is 15.9 Å². The topological polar surface area (TPSA) is 38.3 Å². The van der Waals surface area contributed by atoms with Crippen molar-refractivity contribution < 1.29 is 9.53 Å². The van der Waals surface area contributed by atoms with Crippen LogP contribution in [0.2, 0.25) is 0 Å². The van der Waals surface area contributed by atoms with Crippen molar-refractivity contribution in [3.8, 4) is 5.75 Å². The van der Waals surface area contributed by atoms with Gasteiger partial charge in [0.15, 0.2) is 0 Å². The van der Waals surface area contributed by atoms with Gasteiger partial charge in [-0.1, -0.05) is 12.1 Å². The number of carbonyl (C=O) groups is 1. The monoisotopic (exact) mass is 269 g/mol. The molecular formula is C11H12BrNO2. The molecule has 15 heavy (non-hydrogen) atoms. The van der Waals surface area contributed by atoms with E-state index in [4.69, 9.17) is 4.74 Å². The highest BCUT2D eigenvalue weighted by Crippen LogP contribution is 2.24. The fourth-order valence-electron chi connectivity index (χ4n) is 1.59. The van der Waals surface area contributed by atoms with Crippen LogP contribution in [0.5, 0.6) is 5.75 Å². The number of para-hydroxylation sites is 1. The van der Waals surface area contributed by atoms with Crippen LogP contribution in [0, 0.1) is 0 Å². The van der Waals surface area contributed by atoms with Gasteiger partial charge in [0.1, 0.15) is 11.8 Å². The molecule has 1 heterocycles. The fraction of sp³-hybridized carbons (Fsp3) is 0.364. The molecule has 3 nitrogen and oxygen atoms in total. The van der Waals surface area contributed by atoms with E-state index in [1.807, 2.05) is 18.2 Å². The van der Waals surface area contributed by atoms with Crippen LogP contribution in [0.1, 0.15) is 12.8 Å². The molecule has 0 bridgehead atoms. The van der Waals surface area contributed by atoms with Gasteiger partial charge in [0, 0.05) is 0 Å². The van der Waals surface area contributed by atoms with Crippen molar-refractivity contribution >= 4 is 21.9 Å².